The van der Waals surface area contributed by atoms with Crippen LogP contribution in [0.1, 0.15) is 6.42 Å². The molecule has 20 heavy (non-hydrogen) atoms. The van der Waals surface area contributed by atoms with Crippen LogP contribution in [0.2, 0.25) is 0 Å². The highest BCUT2D eigenvalue weighted by atomic mass is 79.9. The van der Waals surface area contributed by atoms with Gasteiger partial charge in [-0.15, -0.1) is 0 Å². The number of hydrogen-bond donors (Lipinski definition) is 0. The Kier molecular flexibility index (Phi) is 3.17. The van der Waals surface area contributed by atoms with Crippen molar-refractivity contribution in [3.05, 3.63) is 46.5 Å². The number of carbonyl (C=O) groups excluding carboxylic acids is 1. The molecule has 5 nitrogen and oxygen atoms in total. The summed E-state index contributed by atoms with van der Waals surface area (Å²) in [4.78, 5) is 24.5. The van der Waals surface area contributed by atoms with Crippen molar-refractivity contribution in [2.45, 2.75) is 11.2 Å². The fraction of sp³-hybridized carbons (Fsp3) is 0.214. The molecule has 1 saturated heterocycles. The van der Waals surface area contributed by atoms with Crippen molar-refractivity contribution in [1.82, 2.24) is 0 Å². The van der Waals surface area contributed by atoms with Gasteiger partial charge in [-0.25, -0.2) is 0 Å². The second kappa shape index (κ2) is 4.86. The van der Waals surface area contributed by atoms with Crippen molar-refractivity contribution >= 4 is 44.0 Å². The summed E-state index contributed by atoms with van der Waals surface area (Å²) in [6.45, 7) is 0.584. The Morgan fingerprint density at radius 3 is 2.50 bits per heavy atom. The summed E-state index contributed by atoms with van der Waals surface area (Å²) >= 11 is 3.45. The molecule has 0 bridgehead atoms. The second-order valence-electron chi connectivity index (χ2n) is 4.71. The minimum Gasteiger partial charge on any atom is -0.311 e. The van der Waals surface area contributed by atoms with Crippen LogP contribution < -0.4 is 4.90 Å². The number of rotatable bonds is 2. The van der Waals surface area contributed by atoms with E-state index >= 15 is 0 Å². The number of nitro groups is 1. The summed E-state index contributed by atoms with van der Waals surface area (Å²) in [5.74, 6) is 0.0332. The van der Waals surface area contributed by atoms with E-state index in [0.717, 1.165) is 11.1 Å². The van der Waals surface area contributed by atoms with E-state index in [4.69, 9.17) is 0 Å². The van der Waals surface area contributed by atoms with Crippen molar-refractivity contribution in [2.24, 2.45) is 0 Å². The number of nitro benzene ring substituents is 1. The molecule has 1 fully saturated rings. The first-order valence-corrected chi connectivity index (χ1v) is 7.10. The van der Waals surface area contributed by atoms with Crippen molar-refractivity contribution in [1.29, 1.82) is 0 Å². The molecular formula is C14H11BrN2O3. The Bertz CT molecular complexity index is 717. The van der Waals surface area contributed by atoms with E-state index < -0.39 is 4.92 Å². The Morgan fingerprint density at radius 1 is 1.20 bits per heavy atom. The molecule has 3 rings (SSSR count). The molecule has 2 aromatic rings. The van der Waals surface area contributed by atoms with Gasteiger partial charge in [0.2, 0.25) is 5.91 Å². The number of benzene rings is 2. The van der Waals surface area contributed by atoms with E-state index in [2.05, 4.69) is 15.9 Å². The average Bonchev–Trinajstić information content (AvgIpc) is 2.76. The average molecular weight is 335 g/mol. The highest BCUT2D eigenvalue weighted by molar-refractivity contribution is 9.09. The minimum absolute atomic E-state index is 0.0332. The van der Waals surface area contributed by atoms with Crippen LogP contribution in [0.15, 0.2) is 36.4 Å². The van der Waals surface area contributed by atoms with Crippen molar-refractivity contribution in [3.8, 4) is 0 Å². The number of non-ortho nitro benzene ring substituents is 1. The quantitative estimate of drug-likeness (QED) is 0.481. The third-order valence-electron chi connectivity index (χ3n) is 3.44. The topological polar surface area (TPSA) is 63.5 Å². The monoisotopic (exact) mass is 334 g/mol. The maximum absolute atomic E-state index is 12.0. The maximum atomic E-state index is 12.0. The number of anilines is 1. The van der Waals surface area contributed by atoms with Gasteiger partial charge in [0, 0.05) is 29.2 Å². The van der Waals surface area contributed by atoms with Crippen LogP contribution in [0.3, 0.4) is 0 Å². The third kappa shape index (κ3) is 2.06. The molecule has 0 aliphatic carbocycles. The molecule has 0 saturated carbocycles. The largest absolute Gasteiger partial charge is 0.311 e. The summed E-state index contributed by atoms with van der Waals surface area (Å²) in [6.07, 6.45) is 0.450. The highest BCUT2D eigenvalue weighted by Crippen LogP contribution is 2.36. The Morgan fingerprint density at radius 2 is 1.90 bits per heavy atom. The summed E-state index contributed by atoms with van der Waals surface area (Å²) < 4.78 is 0. The summed E-state index contributed by atoms with van der Waals surface area (Å²) in [5, 5.41) is 12.4. The van der Waals surface area contributed by atoms with Gasteiger partial charge in [-0.3, -0.25) is 14.9 Å². The lowest BCUT2D eigenvalue weighted by molar-refractivity contribution is -0.383. The lowest BCUT2D eigenvalue weighted by Crippen LogP contribution is -2.24. The maximum Gasteiger partial charge on any atom is 0.277 e. The normalized spacial score (nSPS) is 18.8. The van der Waals surface area contributed by atoms with Crippen LogP contribution in [0.5, 0.6) is 0 Å². The van der Waals surface area contributed by atoms with Gasteiger partial charge >= 0.3 is 0 Å². The van der Waals surface area contributed by atoms with Gasteiger partial charge in [-0.1, -0.05) is 34.1 Å². The first-order valence-electron chi connectivity index (χ1n) is 6.18. The van der Waals surface area contributed by atoms with Gasteiger partial charge in [0.25, 0.3) is 5.69 Å². The number of halogens is 1. The summed E-state index contributed by atoms with van der Waals surface area (Å²) in [7, 11) is 0. The minimum atomic E-state index is -0.398. The first-order chi connectivity index (χ1) is 9.58. The third-order valence-corrected chi connectivity index (χ3v) is 4.06. The lowest BCUT2D eigenvalue weighted by atomic mass is 10.1. The summed E-state index contributed by atoms with van der Waals surface area (Å²) in [5.41, 5.74) is 0.796. The molecule has 1 amide bonds. The predicted octanol–water partition coefficient (Wildman–Crippen LogP) is 3.25. The molecular weight excluding hydrogens is 324 g/mol. The zero-order chi connectivity index (χ0) is 14.3. The zero-order valence-corrected chi connectivity index (χ0v) is 12.0. The number of carbonyl (C=O) groups is 1. The molecule has 2 aromatic carbocycles. The first kappa shape index (κ1) is 13.1. The van der Waals surface area contributed by atoms with Gasteiger partial charge < -0.3 is 4.90 Å². The highest BCUT2D eigenvalue weighted by Gasteiger charge is 2.30. The Labute approximate surface area is 123 Å². The molecule has 0 aromatic heterocycles. The molecule has 1 aliphatic rings. The molecule has 1 aliphatic heterocycles. The molecule has 1 atom stereocenters. The molecule has 6 heteroatoms. The van der Waals surface area contributed by atoms with Crippen LogP contribution in [-0.4, -0.2) is 22.2 Å². The van der Waals surface area contributed by atoms with Crippen LogP contribution in [0.25, 0.3) is 10.8 Å². The molecule has 0 spiro atoms. The van der Waals surface area contributed by atoms with E-state index in [0.29, 0.717) is 18.4 Å². The van der Waals surface area contributed by atoms with E-state index in [1.54, 1.807) is 23.1 Å². The number of nitrogens with zero attached hydrogens (tertiary/aromatic N) is 2. The van der Waals surface area contributed by atoms with E-state index in [-0.39, 0.29) is 16.4 Å². The van der Waals surface area contributed by atoms with Gasteiger partial charge in [-0.05, 0) is 12.1 Å². The standard InChI is InChI=1S/C14H11BrN2O3/c15-9-7-14(18)16(8-9)12-5-6-13(17(19)20)11-4-2-1-3-10(11)12/h1-6,9H,7-8H2. The SMILES string of the molecule is O=C1CC(Br)CN1c1ccc([N+](=O)[O-])c2ccccc12. The van der Waals surface area contributed by atoms with Crippen LogP contribution in [0, 0.1) is 10.1 Å². The fourth-order valence-electron chi connectivity index (χ4n) is 2.56. The molecule has 1 unspecified atom stereocenters. The van der Waals surface area contributed by atoms with Crippen LogP contribution in [0.4, 0.5) is 11.4 Å². The van der Waals surface area contributed by atoms with E-state index in [1.807, 2.05) is 12.1 Å². The number of fused-ring (bicyclic) bond motifs is 1. The van der Waals surface area contributed by atoms with Crippen LogP contribution >= 0.6 is 15.9 Å². The van der Waals surface area contributed by atoms with Gasteiger partial charge in [-0.2, -0.15) is 0 Å². The van der Waals surface area contributed by atoms with E-state index in [9.17, 15) is 14.9 Å². The predicted molar refractivity (Wildman–Crippen MR) is 80.3 cm³/mol. The van der Waals surface area contributed by atoms with Gasteiger partial charge in [0.05, 0.1) is 16.0 Å². The summed E-state index contributed by atoms with van der Waals surface area (Å²) in [6, 6.07) is 10.2. The second-order valence-corrected chi connectivity index (χ2v) is 6.01. The van der Waals surface area contributed by atoms with Gasteiger partial charge in [0.15, 0.2) is 0 Å². The van der Waals surface area contributed by atoms with Crippen molar-refractivity contribution < 1.29 is 9.72 Å². The Hall–Kier alpha value is -1.95. The van der Waals surface area contributed by atoms with Gasteiger partial charge in [0.1, 0.15) is 0 Å². The Balaban J connectivity index is 2.21. The number of hydrogen-bond acceptors (Lipinski definition) is 3. The molecule has 102 valence electrons. The molecule has 1 heterocycles. The smallest absolute Gasteiger partial charge is 0.277 e. The molecule has 0 N–H and O–H groups in total. The zero-order valence-electron chi connectivity index (χ0n) is 10.5. The fourth-order valence-corrected chi connectivity index (χ4v) is 3.13. The molecule has 0 radical (unpaired) electrons. The number of amides is 1. The van der Waals surface area contributed by atoms with Crippen LogP contribution in [-0.2, 0) is 4.79 Å². The lowest BCUT2D eigenvalue weighted by Gasteiger charge is -2.18. The van der Waals surface area contributed by atoms with Crippen molar-refractivity contribution in [3.63, 3.8) is 0 Å². The number of alkyl halides is 1. The van der Waals surface area contributed by atoms with Crippen molar-refractivity contribution in [2.75, 3.05) is 11.4 Å². The van der Waals surface area contributed by atoms with E-state index in [1.165, 1.54) is 6.07 Å².